The molecule has 2 heterocycles. The predicted octanol–water partition coefficient (Wildman–Crippen LogP) is 0.544. The Labute approximate surface area is 191 Å². The Balaban J connectivity index is 0.00000240. The zero-order valence-corrected chi connectivity index (χ0v) is 19.4. The minimum absolute atomic E-state index is 0. The Morgan fingerprint density at radius 3 is 2.52 bits per heavy atom. The van der Waals surface area contributed by atoms with Crippen LogP contribution in [0.5, 0.6) is 5.75 Å². The van der Waals surface area contributed by atoms with E-state index in [4.69, 9.17) is 4.74 Å². The summed E-state index contributed by atoms with van der Waals surface area (Å²) in [5, 5.41) is 13.4. The molecule has 4 rings (SSSR count). The first-order valence-electron chi connectivity index (χ1n) is 9.14. The molecule has 0 fully saturated rings. The van der Waals surface area contributed by atoms with Crippen LogP contribution in [0, 0.1) is 20.8 Å². The summed E-state index contributed by atoms with van der Waals surface area (Å²) in [4.78, 5) is 16.0. The second-order valence-corrected chi connectivity index (χ2v) is 7.13. The molecule has 0 spiro atoms. The molecule has 5 nitrogen and oxygen atoms in total. The molecule has 0 aliphatic rings. The second-order valence-electron chi connectivity index (χ2n) is 7.13. The monoisotopic (exact) mass is 396 g/mol. The van der Waals surface area contributed by atoms with Crippen LogP contribution < -0.4 is 39.4 Å². The number of aromatic nitrogens is 2. The Kier molecular flexibility index (Phi) is 6.03. The van der Waals surface area contributed by atoms with Crippen LogP contribution in [0.3, 0.4) is 0 Å². The van der Waals surface area contributed by atoms with E-state index in [0.717, 1.165) is 55.6 Å². The van der Waals surface area contributed by atoms with Crippen molar-refractivity contribution in [3.63, 3.8) is 0 Å². The summed E-state index contributed by atoms with van der Waals surface area (Å²) in [5.41, 5.74) is 6.71. The third kappa shape index (κ3) is 3.78. The number of carbonyl (C=O) groups is 1. The van der Waals surface area contributed by atoms with Gasteiger partial charge in [-0.2, -0.15) is 0 Å². The molecule has 0 bridgehead atoms. The maximum absolute atomic E-state index is 11.4. The van der Waals surface area contributed by atoms with Gasteiger partial charge in [0.05, 0.1) is 25.1 Å². The van der Waals surface area contributed by atoms with Crippen LogP contribution in [0.25, 0.3) is 32.9 Å². The number of carboxylic acid groups (broad SMARTS) is 1. The van der Waals surface area contributed by atoms with E-state index in [9.17, 15) is 9.90 Å². The van der Waals surface area contributed by atoms with Crippen LogP contribution in [0.2, 0.25) is 0 Å². The molecule has 0 atom stereocenters. The number of nitrogens with zero attached hydrogens (tertiary/aromatic N) is 2. The Hall–Kier alpha value is -2.34. The van der Waals surface area contributed by atoms with Crippen LogP contribution in [0.4, 0.5) is 0 Å². The number of aryl methyl sites for hydroxylation is 2. The summed E-state index contributed by atoms with van der Waals surface area (Å²) >= 11 is 0. The van der Waals surface area contributed by atoms with Crippen LogP contribution in [-0.4, -0.2) is 22.6 Å². The van der Waals surface area contributed by atoms with E-state index < -0.39 is 5.97 Å². The van der Waals surface area contributed by atoms with Crippen molar-refractivity contribution in [2.75, 3.05) is 7.11 Å². The van der Waals surface area contributed by atoms with Gasteiger partial charge in [-0.1, -0.05) is 11.6 Å². The third-order valence-corrected chi connectivity index (χ3v) is 5.18. The first-order chi connectivity index (χ1) is 13.4. The first kappa shape index (κ1) is 21.4. The normalized spacial score (nSPS) is 10.9. The number of rotatable bonds is 4. The minimum Gasteiger partial charge on any atom is -0.548 e. The number of aliphatic carboxylic acids is 1. The van der Waals surface area contributed by atoms with E-state index in [-0.39, 0.29) is 36.1 Å². The predicted molar refractivity (Wildman–Crippen MR) is 108 cm³/mol. The molecular formula is C23H21N2NaO3. The SMILES string of the molecule is COc1ccc2nc(C)cc(-c3c(C)n(CC(=O)[O-])c4ccc(C)cc34)c2c1.[Na+]. The molecular weight excluding hydrogens is 375 g/mol. The summed E-state index contributed by atoms with van der Waals surface area (Å²) in [6.07, 6.45) is 0. The number of benzene rings is 2. The summed E-state index contributed by atoms with van der Waals surface area (Å²) in [5.74, 6) is -0.351. The molecule has 0 saturated heterocycles. The molecule has 2 aromatic carbocycles. The van der Waals surface area contributed by atoms with Crippen LogP contribution in [-0.2, 0) is 11.3 Å². The summed E-state index contributed by atoms with van der Waals surface area (Å²) in [6, 6.07) is 14.0. The number of carboxylic acids is 1. The van der Waals surface area contributed by atoms with Gasteiger partial charge in [-0.15, -0.1) is 0 Å². The fourth-order valence-corrected chi connectivity index (χ4v) is 3.94. The van der Waals surface area contributed by atoms with E-state index in [1.807, 2.05) is 51.1 Å². The van der Waals surface area contributed by atoms with Crippen LogP contribution >= 0.6 is 0 Å². The van der Waals surface area contributed by atoms with Crippen molar-refractivity contribution in [3.05, 3.63) is 59.4 Å². The van der Waals surface area contributed by atoms with Crippen molar-refractivity contribution < 1.29 is 44.2 Å². The van der Waals surface area contributed by atoms with Gasteiger partial charge >= 0.3 is 29.6 Å². The van der Waals surface area contributed by atoms with E-state index in [1.165, 1.54) is 0 Å². The molecule has 2 aromatic heterocycles. The van der Waals surface area contributed by atoms with E-state index >= 15 is 0 Å². The largest absolute Gasteiger partial charge is 1.00 e. The number of hydrogen-bond donors (Lipinski definition) is 0. The number of pyridine rings is 1. The van der Waals surface area contributed by atoms with E-state index in [1.54, 1.807) is 11.7 Å². The molecule has 29 heavy (non-hydrogen) atoms. The molecule has 0 saturated carbocycles. The summed E-state index contributed by atoms with van der Waals surface area (Å²) < 4.78 is 7.23. The maximum atomic E-state index is 11.4. The average molecular weight is 396 g/mol. The van der Waals surface area contributed by atoms with Gasteiger partial charge in [0.15, 0.2) is 0 Å². The van der Waals surface area contributed by atoms with Crippen molar-refractivity contribution in [3.8, 4) is 16.9 Å². The van der Waals surface area contributed by atoms with E-state index in [0.29, 0.717) is 0 Å². The van der Waals surface area contributed by atoms with Crippen molar-refractivity contribution in [2.45, 2.75) is 27.3 Å². The number of methoxy groups -OCH3 is 1. The van der Waals surface area contributed by atoms with Gasteiger partial charge in [-0.25, -0.2) is 0 Å². The molecule has 6 heteroatoms. The first-order valence-corrected chi connectivity index (χ1v) is 9.14. The zero-order valence-electron chi connectivity index (χ0n) is 17.4. The second kappa shape index (κ2) is 8.19. The molecule has 0 unspecified atom stereocenters. The van der Waals surface area contributed by atoms with Gasteiger partial charge in [0.2, 0.25) is 0 Å². The molecule has 0 radical (unpaired) electrons. The molecule has 142 valence electrons. The van der Waals surface area contributed by atoms with Crippen molar-refractivity contribution in [1.82, 2.24) is 9.55 Å². The summed E-state index contributed by atoms with van der Waals surface area (Å²) in [6.45, 7) is 5.77. The van der Waals surface area contributed by atoms with Crippen molar-refractivity contribution >= 4 is 27.8 Å². The van der Waals surface area contributed by atoms with Gasteiger partial charge in [0.25, 0.3) is 0 Å². The average Bonchev–Trinajstić information content (AvgIpc) is 2.91. The number of ether oxygens (including phenoxy) is 1. The topological polar surface area (TPSA) is 67.2 Å². The Morgan fingerprint density at radius 1 is 1.07 bits per heavy atom. The zero-order chi connectivity index (χ0) is 20.0. The Bertz CT molecular complexity index is 1240. The number of fused-ring (bicyclic) bond motifs is 2. The standard InChI is InChI=1S/C23H22N2O3.Na/c1-13-5-8-21-19(9-13)23(15(3)25(21)12-22(26)27)18-10-14(2)24-20-7-6-16(28-4)11-17(18)20;/h5-11H,12H2,1-4H3,(H,26,27);/q;+1/p-1. The minimum atomic E-state index is -1.11. The number of hydrogen-bond acceptors (Lipinski definition) is 4. The third-order valence-electron chi connectivity index (χ3n) is 5.18. The van der Waals surface area contributed by atoms with Crippen molar-refractivity contribution in [1.29, 1.82) is 0 Å². The molecule has 0 N–H and O–H groups in total. The molecule has 0 amide bonds. The molecule has 4 aromatic rings. The van der Waals surface area contributed by atoms with Gasteiger partial charge < -0.3 is 19.2 Å². The van der Waals surface area contributed by atoms with Gasteiger partial charge in [-0.3, -0.25) is 4.98 Å². The van der Waals surface area contributed by atoms with Gasteiger partial charge in [-0.05, 0) is 62.7 Å². The fraction of sp³-hybridized carbons (Fsp3) is 0.217. The van der Waals surface area contributed by atoms with Crippen LogP contribution in [0.1, 0.15) is 17.0 Å². The van der Waals surface area contributed by atoms with Crippen LogP contribution in [0.15, 0.2) is 42.5 Å². The summed E-state index contributed by atoms with van der Waals surface area (Å²) in [7, 11) is 1.64. The molecule has 0 aliphatic carbocycles. The van der Waals surface area contributed by atoms with E-state index in [2.05, 4.69) is 17.1 Å². The Morgan fingerprint density at radius 2 is 1.83 bits per heavy atom. The maximum Gasteiger partial charge on any atom is 1.00 e. The van der Waals surface area contributed by atoms with Crippen molar-refractivity contribution in [2.24, 2.45) is 0 Å². The molecule has 0 aliphatic heterocycles. The van der Waals surface area contributed by atoms with Gasteiger partial charge in [0, 0.05) is 33.2 Å². The number of carbonyl (C=O) groups excluding carboxylic acids is 1. The van der Waals surface area contributed by atoms with Gasteiger partial charge in [0.1, 0.15) is 5.75 Å². The quantitative estimate of drug-likeness (QED) is 0.473. The smallest absolute Gasteiger partial charge is 0.548 e. The fourth-order valence-electron chi connectivity index (χ4n) is 3.94.